The number of hydrogen-bond donors (Lipinski definition) is 1. The topological polar surface area (TPSA) is 38.3 Å². The molecule has 1 N–H and O–H groups in total. The van der Waals surface area contributed by atoms with Gasteiger partial charge in [0.15, 0.2) is 0 Å². The smallest absolute Gasteiger partial charge is 0.387 e. The number of rotatable bonds is 5. The van der Waals surface area contributed by atoms with Crippen molar-refractivity contribution in [2.75, 3.05) is 5.32 Å². The Bertz CT molecular complexity index is 781. The first kappa shape index (κ1) is 18.0. The van der Waals surface area contributed by atoms with Crippen molar-refractivity contribution in [3.63, 3.8) is 0 Å². The summed E-state index contributed by atoms with van der Waals surface area (Å²) in [4.78, 5) is 11.8. The summed E-state index contributed by atoms with van der Waals surface area (Å²) in [7, 11) is 0. The van der Waals surface area contributed by atoms with E-state index in [1.54, 1.807) is 0 Å². The lowest BCUT2D eigenvalue weighted by Crippen LogP contribution is -2.09. The summed E-state index contributed by atoms with van der Waals surface area (Å²) in [6, 6.07) is 6.98. The molecule has 1 amide bonds. The van der Waals surface area contributed by atoms with Gasteiger partial charge >= 0.3 is 6.61 Å². The van der Waals surface area contributed by atoms with E-state index in [0.29, 0.717) is 10.5 Å². The third-order valence-corrected chi connectivity index (χ3v) is 3.28. The number of benzene rings is 2. The van der Waals surface area contributed by atoms with Gasteiger partial charge in [0.25, 0.3) is 0 Å². The molecule has 0 aliphatic rings. The maximum absolute atomic E-state index is 13.4. The lowest BCUT2D eigenvalue weighted by atomic mass is 10.2. The SMILES string of the molecule is O=C(/C=C/c1cc(Br)ccc1OC(F)F)Nc1ccc(F)cc1F. The van der Waals surface area contributed by atoms with E-state index in [4.69, 9.17) is 0 Å². The Hall–Kier alpha value is -2.35. The highest BCUT2D eigenvalue weighted by atomic mass is 79.9. The van der Waals surface area contributed by atoms with Crippen molar-refractivity contribution in [3.05, 3.63) is 64.1 Å². The van der Waals surface area contributed by atoms with Crippen LogP contribution in [0.1, 0.15) is 5.56 Å². The van der Waals surface area contributed by atoms with Crippen LogP contribution < -0.4 is 10.1 Å². The van der Waals surface area contributed by atoms with Crippen molar-refractivity contribution >= 4 is 33.6 Å². The molecule has 0 saturated heterocycles. The van der Waals surface area contributed by atoms with Gasteiger partial charge in [-0.25, -0.2) is 8.78 Å². The van der Waals surface area contributed by atoms with Gasteiger partial charge in [0.2, 0.25) is 5.91 Å². The van der Waals surface area contributed by atoms with Gasteiger partial charge in [-0.2, -0.15) is 8.78 Å². The van der Waals surface area contributed by atoms with E-state index in [0.717, 1.165) is 18.2 Å². The molecule has 0 radical (unpaired) electrons. The number of halogens is 5. The lowest BCUT2D eigenvalue weighted by Gasteiger charge is -2.08. The maximum Gasteiger partial charge on any atom is 0.387 e. The molecular formula is C16H10BrF4NO2. The molecule has 0 heterocycles. The largest absolute Gasteiger partial charge is 0.434 e. The van der Waals surface area contributed by atoms with Crippen molar-refractivity contribution in [2.45, 2.75) is 6.61 Å². The summed E-state index contributed by atoms with van der Waals surface area (Å²) in [6.45, 7) is -3.01. The zero-order chi connectivity index (χ0) is 17.7. The average Bonchev–Trinajstić information content (AvgIpc) is 2.50. The van der Waals surface area contributed by atoms with Crippen LogP contribution in [0.2, 0.25) is 0 Å². The molecule has 2 rings (SSSR count). The van der Waals surface area contributed by atoms with Crippen LogP contribution >= 0.6 is 15.9 Å². The van der Waals surface area contributed by atoms with Gasteiger partial charge in [0.05, 0.1) is 5.69 Å². The molecule has 2 aromatic carbocycles. The molecule has 0 fully saturated rings. The third kappa shape index (κ3) is 5.09. The van der Waals surface area contributed by atoms with E-state index in [2.05, 4.69) is 26.0 Å². The van der Waals surface area contributed by atoms with Gasteiger partial charge in [-0.3, -0.25) is 4.79 Å². The molecule has 126 valence electrons. The van der Waals surface area contributed by atoms with Gasteiger partial charge in [0, 0.05) is 22.2 Å². The molecule has 0 aliphatic carbocycles. The monoisotopic (exact) mass is 403 g/mol. The van der Waals surface area contributed by atoms with Crippen LogP contribution in [-0.4, -0.2) is 12.5 Å². The Morgan fingerprint density at radius 2 is 1.92 bits per heavy atom. The summed E-state index contributed by atoms with van der Waals surface area (Å²) < 4.78 is 55.9. The fourth-order valence-electron chi connectivity index (χ4n) is 1.78. The third-order valence-electron chi connectivity index (χ3n) is 2.79. The van der Waals surface area contributed by atoms with Gasteiger partial charge in [-0.05, 0) is 36.4 Å². The maximum atomic E-state index is 13.4. The summed E-state index contributed by atoms with van der Waals surface area (Å²) in [6.07, 6.45) is 2.25. The molecule has 3 nitrogen and oxygen atoms in total. The van der Waals surface area contributed by atoms with Crippen molar-refractivity contribution in [1.82, 2.24) is 0 Å². The molecule has 0 unspecified atom stereocenters. The van der Waals surface area contributed by atoms with Crippen molar-refractivity contribution in [3.8, 4) is 5.75 Å². The summed E-state index contributed by atoms with van der Waals surface area (Å²) in [5.41, 5.74) is 0.0174. The lowest BCUT2D eigenvalue weighted by molar-refractivity contribution is -0.111. The van der Waals surface area contributed by atoms with Crippen molar-refractivity contribution < 1.29 is 27.1 Å². The fourth-order valence-corrected chi connectivity index (χ4v) is 2.16. The molecule has 24 heavy (non-hydrogen) atoms. The summed E-state index contributed by atoms with van der Waals surface area (Å²) >= 11 is 3.18. The number of ether oxygens (including phenoxy) is 1. The Morgan fingerprint density at radius 3 is 2.58 bits per heavy atom. The van der Waals surface area contributed by atoms with E-state index in [9.17, 15) is 22.4 Å². The normalized spacial score (nSPS) is 11.1. The predicted octanol–water partition coefficient (Wildman–Crippen LogP) is 4.98. The Morgan fingerprint density at radius 1 is 1.17 bits per heavy atom. The molecule has 0 saturated carbocycles. The average molecular weight is 404 g/mol. The van der Waals surface area contributed by atoms with Crippen LogP contribution in [0.3, 0.4) is 0 Å². The number of amides is 1. The van der Waals surface area contributed by atoms with Gasteiger partial charge in [0.1, 0.15) is 17.4 Å². The number of nitrogens with one attached hydrogen (secondary N) is 1. The van der Waals surface area contributed by atoms with E-state index >= 15 is 0 Å². The van der Waals surface area contributed by atoms with E-state index in [1.807, 2.05) is 0 Å². The molecule has 0 spiro atoms. The van der Waals surface area contributed by atoms with Gasteiger partial charge in [-0.15, -0.1) is 0 Å². The standard InChI is InChI=1S/C16H10BrF4NO2/c17-10-2-5-14(24-16(20)21)9(7-10)1-6-15(23)22-13-4-3-11(18)8-12(13)19/h1-8,16H,(H,22,23)/b6-1+. The quantitative estimate of drug-likeness (QED) is 0.564. The highest BCUT2D eigenvalue weighted by Crippen LogP contribution is 2.26. The zero-order valence-electron chi connectivity index (χ0n) is 11.9. The second-order valence-electron chi connectivity index (χ2n) is 4.51. The Balaban J connectivity index is 2.15. The van der Waals surface area contributed by atoms with Crippen molar-refractivity contribution in [2.24, 2.45) is 0 Å². The number of anilines is 1. The minimum absolute atomic E-state index is 0.120. The summed E-state index contributed by atoms with van der Waals surface area (Å²) in [5, 5.41) is 2.21. The number of carbonyl (C=O) groups excluding carboxylic acids is 1. The van der Waals surface area contributed by atoms with Crippen molar-refractivity contribution in [1.29, 1.82) is 0 Å². The van der Waals surface area contributed by atoms with E-state index < -0.39 is 24.2 Å². The summed E-state index contributed by atoms with van der Waals surface area (Å²) in [5.74, 6) is -2.54. The highest BCUT2D eigenvalue weighted by molar-refractivity contribution is 9.10. The predicted molar refractivity (Wildman–Crippen MR) is 84.8 cm³/mol. The number of carbonyl (C=O) groups is 1. The van der Waals surface area contributed by atoms with Crippen LogP contribution in [0, 0.1) is 11.6 Å². The minimum Gasteiger partial charge on any atom is -0.434 e. The number of hydrogen-bond acceptors (Lipinski definition) is 2. The van der Waals surface area contributed by atoms with E-state index in [-0.39, 0.29) is 17.0 Å². The first-order valence-corrected chi connectivity index (χ1v) is 7.33. The van der Waals surface area contributed by atoms with Crippen LogP contribution in [0.4, 0.5) is 23.2 Å². The van der Waals surface area contributed by atoms with Crippen LogP contribution in [0.15, 0.2) is 46.9 Å². The Kier molecular flexibility index (Phi) is 5.97. The van der Waals surface area contributed by atoms with Crippen LogP contribution in [-0.2, 0) is 4.79 Å². The number of alkyl halides is 2. The molecular weight excluding hydrogens is 394 g/mol. The molecule has 0 atom stereocenters. The zero-order valence-corrected chi connectivity index (χ0v) is 13.5. The molecule has 0 bridgehead atoms. The Labute approximate surface area is 143 Å². The highest BCUT2D eigenvalue weighted by Gasteiger charge is 2.10. The molecule has 0 aromatic heterocycles. The molecule has 2 aromatic rings. The molecule has 0 aliphatic heterocycles. The first-order valence-electron chi connectivity index (χ1n) is 6.53. The van der Waals surface area contributed by atoms with E-state index in [1.165, 1.54) is 24.3 Å². The second kappa shape index (κ2) is 7.96. The van der Waals surface area contributed by atoms with Crippen LogP contribution in [0.25, 0.3) is 6.08 Å². The minimum atomic E-state index is -3.01. The van der Waals surface area contributed by atoms with Crippen LogP contribution in [0.5, 0.6) is 5.75 Å². The molecule has 8 heteroatoms. The fraction of sp³-hybridized carbons (Fsp3) is 0.0625. The second-order valence-corrected chi connectivity index (χ2v) is 5.42. The van der Waals surface area contributed by atoms with Gasteiger partial charge < -0.3 is 10.1 Å². The first-order chi connectivity index (χ1) is 11.3. The van der Waals surface area contributed by atoms with Gasteiger partial charge in [-0.1, -0.05) is 15.9 Å².